The van der Waals surface area contributed by atoms with E-state index in [-0.39, 0.29) is 5.41 Å². The van der Waals surface area contributed by atoms with Crippen molar-refractivity contribution in [3.8, 4) is 0 Å². The molecule has 1 heterocycles. The first-order valence-electron chi connectivity index (χ1n) is 5.60. The van der Waals surface area contributed by atoms with Crippen molar-refractivity contribution in [2.45, 2.75) is 38.7 Å². The van der Waals surface area contributed by atoms with Crippen LogP contribution in [0.1, 0.15) is 32.6 Å². The minimum absolute atomic E-state index is 0.223. The van der Waals surface area contributed by atoms with E-state index >= 15 is 0 Å². The molecule has 0 aromatic heterocycles. The molecular formula is C12H23NO. The first kappa shape index (κ1) is 11.7. The van der Waals surface area contributed by atoms with Crippen LogP contribution in [0.2, 0.25) is 0 Å². The molecule has 2 heteroatoms. The second kappa shape index (κ2) is 5.52. The molecule has 0 radical (unpaired) electrons. The van der Waals surface area contributed by atoms with E-state index < -0.39 is 0 Å². The predicted molar refractivity (Wildman–Crippen MR) is 60.4 cm³/mol. The van der Waals surface area contributed by atoms with Crippen LogP contribution in [0.5, 0.6) is 0 Å². The van der Waals surface area contributed by atoms with Gasteiger partial charge in [0.2, 0.25) is 0 Å². The molecule has 1 aliphatic rings. The summed E-state index contributed by atoms with van der Waals surface area (Å²) in [7, 11) is 1.99. The van der Waals surface area contributed by atoms with Gasteiger partial charge in [0.1, 0.15) is 0 Å². The van der Waals surface area contributed by atoms with Crippen LogP contribution < -0.4 is 5.32 Å². The zero-order chi connectivity index (χ0) is 10.4. The van der Waals surface area contributed by atoms with Gasteiger partial charge in [-0.2, -0.15) is 0 Å². The molecule has 0 saturated carbocycles. The number of nitrogens with one attached hydrogen (secondary N) is 1. The lowest BCUT2D eigenvalue weighted by atomic mass is 9.84. The third-order valence-corrected chi connectivity index (χ3v) is 3.13. The fourth-order valence-electron chi connectivity index (χ4n) is 2.03. The zero-order valence-electron chi connectivity index (χ0n) is 9.51. The Balaban J connectivity index is 2.28. The first-order chi connectivity index (χ1) is 6.70. The Morgan fingerprint density at radius 1 is 1.64 bits per heavy atom. The predicted octanol–water partition coefficient (Wildman–Crippen LogP) is 2.36. The Morgan fingerprint density at radius 2 is 2.43 bits per heavy atom. The SMILES string of the molecule is C=CC(C)(CCC1CCCO1)CNC. The van der Waals surface area contributed by atoms with Crippen LogP contribution in [-0.4, -0.2) is 26.3 Å². The van der Waals surface area contributed by atoms with Gasteiger partial charge in [-0.1, -0.05) is 13.0 Å². The molecular weight excluding hydrogens is 174 g/mol. The van der Waals surface area contributed by atoms with Gasteiger partial charge >= 0.3 is 0 Å². The summed E-state index contributed by atoms with van der Waals surface area (Å²) in [5, 5.41) is 3.22. The summed E-state index contributed by atoms with van der Waals surface area (Å²) in [5.74, 6) is 0. The van der Waals surface area contributed by atoms with Gasteiger partial charge in [-0.15, -0.1) is 6.58 Å². The van der Waals surface area contributed by atoms with E-state index in [2.05, 4.69) is 24.9 Å². The smallest absolute Gasteiger partial charge is 0.0576 e. The highest BCUT2D eigenvalue weighted by Crippen LogP contribution is 2.27. The summed E-state index contributed by atoms with van der Waals surface area (Å²) in [4.78, 5) is 0. The second-order valence-electron chi connectivity index (χ2n) is 4.56. The molecule has 2 unspecified atom stereocenters. The van der Waals surface area contributed by atoms with Gasteiger partial charge in [-0.05, 0) is 38.1 Å². The normalized spacial score (nSPS) is 26.0. The van der Waals surface area contributed by atoms with Crippen molar-refractivity contribution in [2.24, 2.45) is 5.41 Å². The topological polar surface area (TPSA) is 21.3 Å². The van der Waals surface area contributed by atoms with E-state index in [1.807, 2.05) is 7.05 Å². The van der Waals surface area contributed by atoms with Crippen molar-refractivity contribution < 1.29 is 4.74 Å². The van der Waals surface area contributed by atoms with Gasteiger partial charge < -0.3 is 10.1 Å². The zero-order valence-corrected chi connectivity index (χ0v) is 9.51. The van der Waals surface area contributed by atoms with Crippen LogP contribution in [-0.2, 0) is 4.74 Å². The Labute approximate surface area is 87.7 Å². The van der Waals surface area contributed by atoms with Crippen molar-refractivity contribution >= 4 is 0 Å². The molecule has 0 aliphatic carbocycles. The standard InChI is InChI=1S/C12H23NO/c1-4-12(2,10-13-3)8-7-11-6-5-9-14-11/h4,11,13H,1,5-10H2,2-3H3. The minimum atomic E-state index is 0.223. The van der Waals surface area contributed by atoms with Gasteiger partial charge in [-0.25, -0.2) is 0 Å². The molecule has 1 fully saturated rings. The fourth-order valence-corrected chi connectivity index (χ4v) is 2.03. The Bertz CT molecular complexity index is 175. The number of rotatable bonds is 6. The Hall–Kier alpha value is -0.340. The van der Waals surface area contributed by atoms with E-state index in [1.165, 1.54) is 25.7 Å². The van der Waals surface area contributed by atoms with Crippen molar-refractivity contribution in [3.63, 3.8) is 0 Å². The van der Waals surface area contributed by atoms with Crippen LogP contribution in [0, 0.1) is 5.41 Å². The van der Waals surface area contributed by atoms with E-state index in [4.69, 9.17) is 4.74 Å². The Kier molecular flexibility index (Phi) is 4.63. The van der Waals surface area contributed by atoms with Gasteiger partial charge in [0.15, 0.2) is 0 Å². The highest BCUT2D eigenvalue weighted by atomic mass is 16.5. The molecule has 0 aromatic carbocycles. The van der Waals surface area contributed by atoms with Crippen molar-refractivity contribution in [1.82, 2.24) is 5.32 Å². The molecule has 2 atom stereocenters. The highest BCUT2D eigenvalue weighted by molar-refractivity contribution is 4.93. The molecule has 2 nitrogen and oxygen atoms in total. The highest BCUT2D eigenvalue weighted by Gasteiger charge is 2.23. The Morgan fingerprint density at radius 3 is 2.93 bits per heavy atom. The van der Waals surface area contributed by atoms with E-state index in [9.17, 15) is 0 Å². The van der Waals surface area contributed by atoms with Crippen molar-refractivity contribution in [1.29, 1.82) is 0 Å². The number of ether oxygens (including phenoxy) is 1. The monoisotopic (exact) mass is 197 g/mol. The first-order valence-corrected chi connectivity index (χ1v) is 5.60. The van der Waals surface area contributed by atoms with Crippen LogP contribution in [0.25, 0.3) is 0 Å². The quantitative estimate of drug-likeness (QED) is 0.660. The van der Waals surface area contributed by atoms with Crippen molar-refractivity contribution in [2.75, 3.05) is 20.2 Å². The average Bonchev–Trinajstić information content (AvgIpc) is 2.68. The lowest BCUT2D eigenvalue weighted by molar-refractivity contribution is 0.0944. The lowest BCUT2D eigenvalue weighted by Crippen LogP contribution is -2.28. The van der Waals surface area contributed by atoms with Crippen LogP contribution in [0.4, 0.5) is 0 Å². The minimum Gasteiger partial charge on any atom is -0.378 e. The van der Waals surface area contributed by atoms with Gasteiger partial charge in [0, 0.05) is 13.2 Å². The summed E-state index contributed by atoms with van der Waals surface area (Å²) in [6.45, 7) is 8.13. The van der Waals surface area contributed by atoms with Gasteiger partial charge in [-0.3, -0.25) is 0 Å². The molecule has 1 saturated heterocycles. The molecule has 1 aliphatic heterocycles. The van der Waals surface area contributed by atoms with Crippen LogP contribution in [0.3, 0.4) is 0 Å². The van der Waals surface area contributed by atoms with E-state index in [0.29, 0.717) is 6.10 Å². The number of hydrogen-bond acceptors (Lipinski definition) is 2. The second-order valence-corrected chi connectivity index (χ2v) is 4.56. The molecule has 1 rings (SSSR count). The molecule has 0 spiro atoms. The molecule has 1 N–H and O–H groups in total. The molecule has 0 aromatic rings. The van der Waals surface area contributed by atoms with Gasteiger partial charge in [0.25, 0.3) is 0 Å². The third kappa shape index (κ3) is 3.43. The molecule has 82 valence electrons. The lowest BCUT2D eigenvalue weighted by Gasteiger charge is -2.26. The third-order valence-electron chi connectivity index (χ3n) is 3.13. The summed E-state index contributed by atoms with van der Waals surface area (Å²) in [6, 6.07) is 0. The molecule has 14 heavy (non-hydrogen) atoms. The maximum Gasteiger partial charge on any atom is 0.0576 e. The summed E-state index contributed by atoms with van der Waals surface area (Å²) in [6.07, 6.45) is 7.39. The maximum absolute atomic E-state index is 5.62. The van der Waals surface area contributed by atoms with Gasteiger partial charge in [0.05, 0.1) is 6.10 Å². The molecule has 0 amide bonds. The largest absolute Gasteiger partial charge is 0.378 e. The van der Waals surface area contributed by atoms with E-state index in [1.54, 1.807) is 0 Å². The van der Waals surface area contributed by atoms with Crippen LogP contribution >= 0.6 is 0 Å². The number of hydrogen-bond donors (Lipinski definition) is 1. The molecule has 0 bridgehead atoms. The summed E-state index contributed by atoms with van der Waals surface area (Å²) in [5.41, 5.74) is 0.223. The van der Waals surface area contributed by atoms with Crippen molar-refractivity contribution in [3.05, 3.63) is 12.7 Å². The average molecular weight is 197 g/mol. The summed E-state index contributed by atoms with van der Waals surface area (Å²) < 4.78 is 5.62. The van der Waals surface area contributed by atoms with Crippen LogP contribution in [0.15, 0.2) is 12.7 Å². The maximum atomic E-state index is 5.62. The van der Waals surface area contributed by atoms with E-state index in [0.717, 1.165) is 13.2 Å². The summed E-state index contributed by atoms with van der Waals surface area (Å²) >= 11 is 0. The fraction of sp³-hybridized carbons (Fsp3) is 0.833.